The summed E-state index contributed by atoms with van der Waals surface area (Å²) in [4.78, 5) is 43.2. The predicted octanol–water partition coefficient (Wildman–Crippen LogP) is 6.15. The number of amides is 1. The van der Waals surface area contributed by atoms with Gasteiger partial charge >= 0.3 is 0 Å². The highest BCUT2D eigenvalue weighted by molar-refractivity contribution is 6.30. The number of halogens is 2. The van der Waals surface area contributed by atoms with Crippen LogP contribution in [0.5, 0.6) is 0 Å². The maximum absolute atomic E-state index is 14.6. The minimum absolute atomic E-state index is 0.0190. The van der Waals surface area contributed by atoms with Crippen LogP contribution in [0, 0.1) is 29.0 Å². The van der Waals surface area contributed by atoms with E-state index in [2.05, 4.69) is 36.4 Å². The van der Waals surface area contributed by atoms with E-state index in [0.29, 0.717) is 68.5 Å². The van der Waals surface area contributed by atoms with Gasteiger partial charge in [-0.2, -0.15) is 0 Å². The van der Waals surface area contributed by atoms with Crippen molar-refractivity contribution in [3.05, 3.63) is 87.7 Å². The summed E-state index contributed by atoms with van der Waals surface area (Å²) in [6, 6.07) is 13.8. The highest BCUT2D eigenvalue weighted by Gasteiger charge is 2.56. The second-order valence-corrected chi connectivity index (χ2v) is 14.7. The molecule has 8 rings (SSSR count). The number of benzene rings is 2. The number of hydrogen-bond acceptors (Lipinski definition) is 5. The maximum Gasteiger partial charge on any atom is 0.261 e. The van der Waals surface area contributed by atoms with Crippen LogP contribution in [0.3, 0.4) is 0 Å². The minimum atomic E-state index is -0.413. The van der Waals surface area contributed by atoms with E-state index in [-0.39, 0.29) is 43.1 Å². The van der Waals surface area contributed by atoms with E-state index in [0.717, 1.165) is 12.1 Å². The molecule has 3 saturated carbocycles. The Kier molecular flexibility index (Phi) is 8.48. The largest absolute Gasteiger partial charge is 0.350 e. The fraction of sp³-hybridized carbons (Fsp3) is 0.432. The zero-order valence-electron chi connectivity index (χ0n) is 27.7. The third-order valence-corrected chi connectivity index (χ3v) is 11.1. The highest BCUT2D eigenvalue weighted by Crippen LogP contribution is 2.61. The molecule has 11 heteroatoms. The number of aromatic nitrogens is 3. The molecule has 250 valence electrons. The molecule has 1 amide bonds. The lowest BCUT2D eigenvalue weighted by Gasteiger charge is -2.61. The lowest BCUT2D eigenvalue weighted by Crippen LogP contribution is -2.58. The van der Waals surface area contributed by atoms with Gasteiger partial charge in [-0.15, -0.1) is 0 Å². The van der Waals surface area contributed by atoms with E-state index in [1.807, 2.05) is 30.0 Å². The number of guanidine groups is 1. The van der Waals surface area contributed by atoms with Gasteiger partial charge in [0.05, 0.1) is 23.5 Å². The molecular formula is C37H41ClFN7O2. The lowest BCUT2D eigenvalue weighted by molar-refractivity contribution is -0.124. The van der Waals surface area contributed by atoms with Gasteiger partial charge in [0.2, 0.25) is 5.91 Å². The van der Waals surface area contributed by atoms with Crippen LogP contribution >= 0.6 is 11.6 Å². The molecule has 0 spiro atoms. The van der Waals surface area contributed by atoms with E-state index in [1.54, 1.807) is 41.2 Å². The molecule has 2 aromatic carbocycles. The zero-order chi connectivity index (χ0) is 33.7. The Balaban J connectivity index is 1.24. The van der Waals surface area contributed by atoms with Crippen LogP contribution in [0.2, 0.25) is 5.02 Å². The molecule has 4 aliphatic rings. The van der Waals surface area contributed by atoms with Gasteiger partial charge in [0, 0.05) is 47.8 Å². The number of aryl methyl sites for hydroxylation is 1. The van der Waals surface area contributed by atoms with Crippen LogP contribution in [0.15, 0.2) is 70.7 Å². The number of rotatable bonds is 6. The van der Waals surface area contributed by atoms with Crippen molar-refractivity contribution in [1.82, 2.24) is 24.8 Å². The van der Waals surface area contributed by atoms with E-state index in [4.69, 9.17) is 21.6 Å². The first-order valence-electron chi connectivity index (χ1n) is 16.8. The Bertz CT molecular complexity index is 1960. The molecule has 4 fully saturated rings. The van der Waals surface area contributed by atoms with Crippen LogP contribution < -0.4 is 16.2 Å². The Labute approximate surface area is 284 Å². The molecule has 2 N–H and O–H groups in total. The summed E-state index contributed by atoms with van der Waals surface area (Å²) in [5, 5.41) is 7.30. The van der Waals surface area contributed by atoms with Gasteiger partial charge in [0.25, 0.3) is 5.56 Å². The molecule has 0 radical (unpaired) electrons. The predicted molar refractivity (Wildman–Crippen MR) is 188 cm³/mol. The molecule has 3 aliphatic carbocycles. The number of fused-ring (bicyclic) bond motifs is 3. The molecule has 2 aromatic heterocycles. The second kappa shape index (κ2) is 12.6. The summed E-state index contributed by atoms with van der Waals surface area (Å²) >= 11 is 5.96. The van der Waals surface area contributed by atoms with Crippen molar-refractivity contribution in [2.45, 2.75) is 65.6 Å². The van der Waals surface area contributed by atoms with Crippen molar-refractivity contribution in [3.8, 4) is 11.4 Å². The fourth-order valence-electron chi connectivity index (χ4n) is 8.05. The number of nitrogens with one attached hydrogen (secondary N) is 2. The van der Waals surface area contributed by atoms with E-state index in [1.165, 1.54) is 12.5 Å². The Morgan fingerprint density at radius 2 is 1.98 bits per heavy atom. The molecule has 4 aromatic rings. The number of aliphatic imine (C=N–C) groups is 1. The van der Waals surface area contributed by atoms with Crippen molar-refractivity contribution in [2.24, 2.45) is 28.2 Å². The zero-order valence-corrected chi connectivity index (χ0v) is 28.5. The molecule has 1 unspecified atom stereocenters. The Hall–Kier alpha value is -4.31. The number of anilines is 1. The summed E-state index contributed by atoms with van der Waals surface area (Å²) in [5.74, 6) is 2.36. The van der Waals surface area contributed by atoms with Crippen LogP contribution in [-0.2, 0) is 17.8 Å². The summed E-state index contributed by atoms with van der Waals surface area (Å²) in [7, 11) is 0. The molecular weight excluding hydrogens is 629 g/mol. The summed E-state index contributed by atoms with van der Waals surface area (Å²) in [6.07, 6.45) is 5.90. The van der Waals surface area contributed by atoms with Crippen LogP contribution in [0.4, 0.5) is 10.1 Å². The van der Waals surface area contributed by atoms with Crippen LogP contribution in [-0.4, -0.2) is 56.5 Å². The average molecular weight is 670 g/mol. The molecule has 2 bridgehead atoms. The lowest BCUT2D eigenvalue weighted by atomic mass is 9.45. The monoisotopic (exact) mass is 669 g/mol. The Morgan fingerprint density at radius 1 is 1.15 bits per heavy atom. The smallest absolute Gasteiger partial charge is 0.261 e. The third kappa shape index (κ3) is 6.06. The van der Waals surface area contributed by atoms with Gasteiger partial charge in [-0.05, 0) is 97.4 Å². The quantitative estimate of drug-likeness (QED) is 0.189. The minimum Gasteiger partial charge on any atom is -0.350 e. The molecule has 1 aliphatic heterocycles. The molecule has 5 atom stereocenters. The number of hydrogen-bond donors (Lipinski definition) is 2. The maximum atomic E-state index is 14.6. The molecule has 3 heterocycles. The van der Waals surface area contributed by atoms with Gasteiger partial charge in [0.15, 0.2) is 5.96 Å². The van der Waals surface area contributed by atoms with Crippen molar-refractivity contribution >= 4 is 40.1 Å². The highest BCUT2D eigenvalue weighted by atomic mass is 35.5. The third-order valence-electron chi connectivity index (χ3n) is 10.9. The summed E-state index contributed by atoms with van der Waals surface area (Å²) in [6.45, 7) is 10.1. The summed E-state index contributed by atoms with van der Waals surface area (Å²) < 4.78 is 16.2. The number of pyridine rings is 1. The van der Waals surface area contributed by atoms with Crippen molar-refractivity contribution in [3.63, 3.8) is 0 Å². The SMILES string of the molecule is C[C@@H]1C(N=C(Nc2ccc3c(=O)n(CCc4ccc(Cl)cc4F)c(-c4cccnc4)nc3c2)N2CC(=O)N[C@@H](C)C2)C[C@@H]2C[C@H]1C2(C)C. The first kappa shape index (κ1) is 32.2. The first-order valence-corrected chi connectivity index (χ1v) is 17.1. The number of carbonyl (C=O) groups is 1. The van der Waals surface area contributed by atoms with Gasteiger partial charge in [-0.1, -0.05) is 38.4 Å². The Morgan fingerprint density at radius 3 is 2.69 bits per heavy atom. The standard InChI is InChI=1S/C37H41ClFN7O2/c1-21-19-45(20-33(47)41-21)36(44-31-15-25-14-29(22(31)2)37(25,3)4)42-27-9-10-28-32(17-27)43-34(24-6-5-12-40-18-24)46(35(28)48)13-11-23-7-8-26(38)16-30(23)39/h5-10,12,16-18,21-22,25,29,31H,11,13-15,19-20H2,1-4H3,(H,41,47)(H,42,44)/t21-,22-,25-,29+,31?/m0/s1. The van der Waals surface area contributed by atoms with Gasteiger partial charge in [-0.25, -0.2) is 14.4 Å². The van der Waals surface area contributed by atoms with Gasteiger partial charge in [-0.3, -0.25) is 19.1 Å². The normalized spacial score (nSPS) is 25.0. The van der Waals surface area contributed by atoms with E-state index >= 15 is 0 Å². The number of nitrogens with zero attached hydrogens (tertiary/aromatic N) is 5. The summed E-state index contributed by atoms with van der Waals surface area (Å²) in [5.41, 5.74) is 2.48. The number of carbonyl (C=O) groups excluding carboxylic acids is 1. The van der Waals surface area contributed by atoms with Gasteiger partial charge in [0.1, 0.15) is 11.6 Å². The van der Waals surface area contributed by atoms with Crippen molar-refractivity contribution in [1.29, 1.82) is 0 Å². The average Bonchev–Trinajstić information content (AvgIpc) is 3.05. The molecule has 48 heavy (non-hydrogen) atoms. The van der Waals surface area contributed by atoms with Crippen LogP contribution in [0.1, 0.15) is 46.1 Å². The van der Waals surface area contributed by atoms with E-state index in [9.17, 15) is 14.0 Å². The fourth-order valence-corrected chi connectivity index (χ4v) is 8.21. The second-order valence-electron chi connectivity index (χ2n) is 14.3. The molecule has 9 nitrogen and oxygen atoms in total. The van der Waals surface area contributed by atoms with Crippen LogP contribution in [0.25, 0.3) is 22.3 Å². The van der Waals surface area contributed by atoms with Gasteiger partial charge < -0.3 is 15.5 Å². The van der Waals surface area contributed by atoms with Crippen molar-refractivity contribution < 1.29 is 9.18 Å². The molecule has 1 saturated heterocycles. The van der Waals surface area contributed by atoms with Crippen molar-refractivity contribution in [2.75, 3.05) is 18.4 Å². The topological polar surface area (TPSA) is 105 Å². The first-order chi connectivity index (χ1) is 23.0. The van der Waals surface area contributed by atoms with E-state index < -0.39 is 5.82 Å². The number of piperazine rings is 1.